The van der Waals surface area contributed by atoms with Crippen molar-refractivity contribution in [1.29, 1.82) is 0 Å². The molecule has 3 rings (SSSR count). The monoisotopic (exact) mass is 348 g/mol. The van der Waals surface area contributed by atoms with E-state index in [1.54, 1.807) is 11.3 Å². The molecule has 2 N–H and O–H groups in total. The highest BCUT2D eigenvalue weighted by atomic mass is 32.1. The number of nitrogens with one attached hydrogen (secondary N) is 2. The molecule has 6 heteroatoms. The lowest BCUT2D eigenvalue weighted by molar-refractivity contribution is -0.0681. The van der Waals surface area contributed by atoms with Crippen molar-refractivity contribution >= 4 is 11.3 Å². The fourth-order valence-electron chi connectivity index (χ4n) is 3.35. The number of morpholine rings is 1. The molecule has 2 unspecified atom stereocenters. The van der Waals surface area contributed by atoms with E-state index < -0.39 is 0 Å². The van der Waals surface area contributed by atoms with Gasteiger partial charge in [0.25, 0.3) is 0 Å². The maximum Gasteiger partial charge on any atom is 0.0794 e. The van der Waals surface area contributed by atoms with Gasteiger partial charge in [-0.15, -0.1) is 11.3 Å². The number of rotatable bonds is 8. The number of ether oxygens (including phenoxy) is 1. The Labute approximate surface area is 148 Å². The van der Waals surface area contributed by atoms with Gasteiger partial charge in [-0.3, -0.25) is 10.00 Å². The summed E-state index contributed by atoms with van der Waals surface area (Å²) in [7, 11) is 0. The molecule has 1 aliphatic rings. The fourth-order valence-corrected chi connectivity index (χ4v) is 4.11. The molecule has 0 amide bonds. The van der Waals surface area contributed by atoms with E-state index in [-0.39, 0.29) is 0 Å². The predicted molar refractivity (Wildman–Crippen MR) is 99.3 cm³/mol. The molecule has 2 atom stereocenters. The summed E-state index contributed by atoms with van der Waals surface area (Å²) in [6.45, 7) is 9.56. The van der Waals surface area contributed by atoms with Gasteiger partial charge < -0.3 is 10.1 Å². The van der Waals surface area contributed by atoms with E-state index >= 15 is 0 Å². The van der Waals surface area contributed by atoms with E-state index in [0.29, 0.717) is 12.2 Å². The predicted octanol–water partition coefficient (Wildman–Crippen LogP) is 3.12. The summed E-state index contributed by atoms with van der Waals surface area (Å²) in [6, 6.07) is 4.21. The Morgan fingerprint density at radius 2 is 2.17 bits per heavy atom. The molecule has 3 heterocycles. The molecule has 1 fully saturated rings. The SMILES string of the molecule is CC1CN(CCCCNCc2cn[nH]c2-c2cccs2)CC(C)O1. The molecule has 0 bridgehead atoms. The van der Waals surface area contributed by atoms with Crippen LogP contribution in [0, 0.1) is 0 Å². The Bertz CT molecular complexity index is 588. The minimum absolute atomic E-state index is 0.364. The molecule has 2 aromatic heterocycles. The van der Waals surface area contributed by atoms with Gasteiger partial charge in [-0.2, -0.15) is 5.10 Å². The first-order valence-corrected chi connectivity index (χ1v) is 9.75. The van der Waals surface area contributed by atoms with Crippen LogP contribution in [0.4, 0.5) is 0 Å². The maximum atomic E-state index is 5.78. The van der Waals surface area contributed by atoms with Crippen molar-refractivity contribution in [3.05, 3.63) is 29.3 Å². The van der Waals surface area contributed by atoms with Gasteiger partial charge in [0, 0.05) is 25.2 Å². The topological polar surface area (TPSA) is 53.2 Å². The smallest absolute Gasteiger partial charge is 0.0794 e. The van der Waals surface area contributed by atoms with Gasteiger partial charge in [0.2, 0.25) is 0 Å². The van der Waals surface area contributed by atoms with Crippen LogP contribution in [0.25, 0.3) is 10.6 Å². The van der Waals surface area contributed by atoms with E-state index in [0.717, 1.165) is 31.9 Å². The molecule has 0 radical (unpaired) electrons. The summed E-state index contributed by atoms with van der Waals surface area (Å²) in [4.78, 5) is 3.78. The maximum absolute atomic E-state index is 5.78. The first-order chi connectivity index (χ1) is 11.7. The molecule has 5 nitrogen and oxygen atoms in total. The van der Waals surface area contributed by atoms with Crippen LogP contribution in [0.5, 0.6) is 0 Å². The number of hydrogen-bond acceptors (Lipinski definition) is 5. The highest BCUT2D eigenvalue weighted by Crippen LogP contribution is 2.25. The normalized spacial score (nSPS) is 22.1. The van der Waals surface area contributed by atoms with Crippen LogP contribution >= 0.6 is 11.3 Å². The molecule has 0 aliphatic carbocycles. The number of unbranched alkanes of at least 4 members (excludes halogenated alkanes) is 1. The Hall–Kier alpha value is -1.21. The van der Waals surface area contributed by atoms with E-state index in [2.05, 4.69) is 51.8 Å². The van der Waals surface area contributed by atoms with E-state index in [9.17, 15) is 0 Å². The van der Waals surface area contributed by atoms with Crippen molar-refractivity contribution in [2.24, 2.45) is 0 Å². The second-order valence-electron chi connectivity index (χ2n) is 6.65. The minimum atomic E-state index is 0.364. The molecule has 2 aromatic rings. The summed E-state index contributed by atoms with van der Waals surface area (Å²) in [5.41, 5.74) is 2.39. The molecular formula is C18H28N4OS. The van der Waals surface area contributed by atoms with E-state index in [4.69, 9.17) is 4.74 Å². The third-order valence-electron chi connectivity index (χ3n) is 4.37. The van der Waals surface area contributed by atoms with Crippen molar-refractivity contribution in [2.45, 2.75) is 45.4 Å². The quantitative estimate of drug-likeness (QED) is 0.720. The number of aromatic amines is 1. The van der Waals surface area contributed by atoms with Crippen molar-refractivity contribution in [1.82, 2.24) is 20.4 Å². The number of H-pyrrole nitrogens is 1. The first kappa shape index (κ1) is 17.6. The number of hydrogen-bond donors (Lipinski definition) is 2. The lowest BCUT2D eigenvalue weighted by atomic mass is 10.2. The Balaban J connectivity index is 1.33. The van der Waals surface area contributed by atoms with Gasteiger partial charge in [0.15, 0.2) is 0 Å². The standard InChI is InChI=1S/C18H28N4OS/c1-14-12-22(13-15(2)23-14)8-4-3-7-19-10-16-11-20-21-18(16)17-6-5-9-24-17/h5-6,9,11,14-15,19H,3-4,7-8,10,12-13H2,1-2H3,(H,20,21). The van der Waals surface area contributed by atoms with E-state index in [1.807, 2.05) is 6.20 Å². The largest absolute Gasteiger partial charge is 0.373 e. The lowest BCUT2D eigenvalue weighted by Gasteiger charge is -2.35. The molecule has 1 aliphatic heterocycles. The van der Waals surface area contributed by atoms with E-state index in [1.165, 1.54) is 29.8 Å². The van der Waals surface area contributed by atoms with Crippen LogP contribution < -0.4 is 5.32 Å². The average molecular weight is 349 g/mol. The molecular weight excluding hydrogens is 320 g/mol. The highest BCUT2D eigenvalue weighted by molar-refractivity contribution is 7.13. The molecule has 24 heavy (non-hydrogen) atoms. The van der Waals surface area contributed by atoms with Gasteiger partial charge in [-0.05, 0) is 51.2 Å². The lowest BCUT2D eigenvalue weighted by Crippen LogP contribution is -2.45. The number of thiophene rings is 1. The molecule has 0 spiro atoms. The van der Waals surface area contributed by atoms with Crippen LogP contribution in [-0.4, -0.2) is 53.5 Å². The molecule has 1 saturated heterocycles. The van der Waals surface area contributed by atoms with Gasteiger partial charge in [-0.25, -0.2) is 0 Å². The minimum Gasteiger partial charge on any atom is -0.373 e. The highest BCUT2D eigenvalue weighted by Gasteiger charge is 2.21. The van der Waals surface area contributed by atoms with Crippen LogP contribution in [0.2, 0.25) is 0 Å². The first-order valence-electron chi connectivity index (χ1n) is 8.87. The zero-order valence-corrected chi connectivity index (χ0v) is 15.4. The summed E-state index contributed by atoms with van der Waals surface area (Å²) in [5.74, 6) is 0. The van der Waals surface area contributed by atoms with Gasteiger partial charge in [0.05, 0.1) is 29.0 Å². The van der Waals surface area contributed by atoms with Crippen LogP contribution in [-0.2, 0) is 11.3 Å². The molecule has 0 aromatic carbocycles. The fraction of sp³-hybridized carbons (Fsp3) is 0.611. The van der Waals surface area contributed by atoms with Crippen LogP contribution in [0.3, 0.4) is 0 Å². The Morgan fingerprint density at radius 1 is 1.33 bits per heavy atom. The summed E-state index contributed by atoms with van der Waals surface area (Å²) >= 11 is 1.74. The summed E-state index contributed by atoms with van der Waals surface area (Å²) < 4.78 is 5.78. The third kappa shape index (κ3) is 4.89. The summed E-state index contributed by atoms with van der Waals surface area (Å²) in [5, 5.41) is 12.9. The summed E-state index contributed by atoms with van der Waals surface area (Å²) in [6.07, 6.45) is 5.09. The molecule has 0 saturated carbocycles. The van der Waals surface area contributed by atoms with Gasteiger partial charge in [-0.1, -0.05) is 6.07 Å². The zero-order valence-electron chi connectivity index (χ0n) is 14.6. The Kier molecular flexibility index (Phi) is 6.43. The number of aromatic nitrogens is 2. The van der Waals surface area contributed by atoms with Crippen molar-refractivity contribution in [3.8, 4) is 10.6 Å². The van der Waals surface area contributed by atoms with Crippen molar-refractivity contribution in [3.63, 3.8) is 0 Å². The van der Waals surface area contributed by atoms with Crippen molar-refractivity contribution < 1.29 is 4.74 Å². The second kappa shape index (κ2) is 8.76. The Morgan fingerprint density at radius 3 is 2.92 bits per heavy atom. The molecule has 132 valence electrons. The number of nitrogens with zero attached hydrogens (tertiary/aromatic N) is 2. The van der Waals surface area contributed by atoms with Crippen molar-refractivity contribution in [2.75, 3.05) is 26.2 Å². The second-order valence-corrected chi connectivity index (χ2v) is 7.60. The average Bonchev–Trinajstić information content (AvgIpc) is 3.20. The van der Waals surface area contributed by atoms with Gasteiger partial charge >= 0.3 is 0 Å². The van der Waals surface area contributed by atoms with Crippen LogP contribution in [0.1, 0.15) is 32.3 Å². The van der Waals surface area contributed by atoms with Gasteiger partial charge in [0.1, 0.15) is 0 Å². The van der Waals surface area contributed by atoms with Crippen LogP contribution in [0.15, 0.2) is 23.7 Å². The zero-order chi connectivity index (χ0) is 16.8. The third-order valence-corrected chi connectivity index (χ3v) is 5.26.